The van der Waals surface area contributed by atoms with E-state index in [-0.39, 0.29) is 46.4 Å². The average Bonchev–Trinajstić information content (AvgIpc) is 3.17. The molecule has 1 saturated heterocycles. The molecular formula is C31H35ClFN5O6S. The number of nitrogens with zero attached hydrogens (tertiary/aromatic N) is 4. The fraction of sp³-hybridized carbons (Fsp3) is 0.419. The van der Waals surface area contributed by atoms with Gasteiger partial charge in [0.1, 0.15) is 23.9 Å². The van der Waals surface area contributed by atoms with Gasteiger partial charge in [0.25, 0.3) is 5.56 Å². The third kappa shape index (κ3) is 6.90. The van der Waals surface area contributed by atoms with Gasteiger partial charge in [-0.2, -0.15) is 0 Å². The number of methoxy groups -OCH3 is 1. The van der Waals surface area contributed by atoms with Gasteiger partial charge in [-0.25, -0.2) is 14.0 Å². The van der Waals surface area contributed by atoms with Crippen molar-refractivity contribution in [3.8, 4) is 16.9 Å². The maximum atomic E-state index is 14.3. The van der Waals surface area contributed by atoms with Gasteiger partial charge in [-0.15, -0.1) is 0 Å². The molecule has 1 aromatic heterocycles. The number of rotatable bonds is 8. The van der Waals surface area contributed by atoms with Crippen LogP contribution in [-0.4, -0.2) is 80.2 Å². The summed E-state index contributed by atoms with van der Waals surface area (Å²) in [5.41, 5.74) is 0.314. The standard InChI is InChI=1S/C31H35ClFN5O6S/c1-19(18-45(3)43)38-29(40)24(23-5-4-6-25(33)28(23)32)16-36(31(38)42)17-27(39)35-12-10-21(11-13-35)37-14-9-20-15-22(44-2)7-8-26(20)34-30(37)41/h4-8,15-16,19,21H,9-14,17-18H2,1-3H3,(H,34,41)/t19-,45?/m1/s1. The number of hydrogen-bond acceptors (Lipinski definition) is 6. The highest BCUT2D eigenvalue weighted by Gasteiger charge is 2.32. The summed E-state index contributed by atoms with van der Waals surface area (Å²) < 4.78 is 33.7. The largest absolute Gasteiger partial charge is 0.616 e. The van der Waals surface area contributed by atoms with Gasteiger partial charge in [-0.05, 0) is 56.0 Å². The van der Waals surface area contributed by atoms with E-state index in [4.69, 9.17) is 16.3 Å². The maximum Gasteiger partial charge on any atom is 0.331 e. The molecule has 1 N–H and O–H groups in total. The van der Waals surface area contributed by atoms with Crippen LogP contribution in [0.5, 0.6) is 5.75 Å². The number of benzene rings is 2. The smallest absolute Gasteiger partial charge is 0.331 e. The second-order valence-corrected chi connectivity index (χ2v) is 13.2. The van der Waals surface area contributed by atoms with Gasteiger partial charge in [0.15, 0.2) is 0 Å². The molecule has 0 spiro atoms. The van der Waals surface area contributed by atoms with Crippen molar-refractivity contribution in [3.63, 3.8) is 0 Å². The second-order valence-electron chi connectivity index (χ2n) is 11.3. The van der Waals surface area contributed by atoms with Crippen molar-refractivity contribution in [3.05, 3.63) is 79.8 Å². The Morgan fingerprint density at radius 1 is 1.16 bits per heavy atom. The molecule has 0 saturated carbocycles. The van der Waals surface area contributed by atoms with Crippen LogP contribution in [0.3, 0.4) is 0 Å². The maximum absolute atomic E-state index is 14.3. The molecule has 3 heterocycles. The molecule has 45 heavy (non-hydrogen) atoms. The van der Waals surface area contributed by atoms with E-state index >= 15 is 0 Å². The Morgan fingerprint density at radius 3 is 2.58 bits per heavy atom. The van der Waals surface area contributed by atoms with Crippen molar-refractivity contribution in [2.45, 2.75) is 44.8 Å². The molecule has 240 valence electrons. The van der Waals surface area contributed by atoms with Crippen molar-refractivity contribution in [1.82, 2.24) is 18.9 Å². The topological polar surface area (TPSA) is 129 Å². The molecule has 14 heteroatoms. The average molecular weight is 660 g/mol. The molecule has 0 radical (unpaired) electrons. The number of likely N-dealkylation sites (tertiary alicyclic amines) is 1. The van der Waals surface area contributed by atoms with E-state index in [9.17, 15) is 28.1 Å². The van der Waals surface area contributed by atoms with Crippen molar-refractivity contribution in [1.29, 1.82) is 0 Å². The normalized spacial score (nSPS) is 16.9. The molecule has 0 bridgehead atoms. The summed E-state index contributed by atoms with van der Waals surface area (Å²) in [7, 11) is 1.60. The van der Waals surface area contributed by atoms with Gasteiger partial charge in [-0.3, -0.25) is 18.7 Å². The first kappa shape index (κ1) is 32.6. The van der Waals surface area contributed by atoms with Crippen LogP contribution >= 0.6 is 11.6 Å². The van der Waals surface area contributed by atoms with Crippen LogP contribution in [0.2, 0.25) is 5.02 Å². The molecule has 2 aromatic carbocycles. The van der Waals surface area contributed by atoms with Crippen LogP contribution < -0.4 is 21.3 Å². The van der Waals surface area contributed by atoms with Gasteiger partial charge in [0, 0.05) is 43.1 Å². The number of nitrogens with one attached hydrogen (secondary N) is 1. The van der Waals surface area contributed by atoms with E-state index in [1.165, 1.54) is 24.6 Å². The van der Waals surface area contributed by atoms with Crippen LogP contribution in [0.25, 0.3) is 11.1 Å². The number of fused-ring (bicyclic) bond motifs is 1. The molecule has 2 atom stereocenters. The summed E-state index contributed by atoms with van der Waals surface area (Å²) in [6.45, 7) is 2.49. The van der Waals surface area contributed by atoms with Gasteiger partial charge >= 0.3 is 11.7 Å². The first-order valence-electron chi connectivity index (χ1n) is 14.6. The lowest BCUT2D eigenvalue weighted by Crippen LogP contribution is -2.51. The van der Waals surface area contributed by atoms with Crippen molar-refractivity contribution in [2.75, 3.05) is 44.1 Å². The number of aromatic nitrogens is 2. The van der Waals surface area contributed by atoms with Crippen LogP contribution in [0, 0.1) is 5.82 Å². The number of amides is 3. The van der Waals surface area contributed by atoms with Crippen molar-refractivity contribution >= 4 is 40.4 Å². The summed E-state index contributed by atoms with van der Waals surface area (Å²) in [6, 6.07) is 8.54. The molecule has 3 amide bonds. The SMILES string of the molecule is COc1ccc2c(c1)CCN(C1CCN(C(=O)Cn3cc(-c4cccc(F)c4Cl)c(=O)n([C@H](C)C[S+](C)[O-])c3=O)CC1)C(=O)N2. The van der Waals surface area contributed by atoms with E-state index in [1.807, 2.05) is 17.0 Å². The van der Waals surface area contributed by atoms with Gasteiger partial charge in [-0.1, -0.05) is 34.9 Å². The number of hydrogen-bond donors (Lipinski definition) is 1. The number of carbonyl (C=O) groups excluding carboxylic acids is 2. The highest BCUT2D eigenvalue weighted by atomic mass is 35.5. The number of ether oxygens (including phenoxy) is 1. The van der Waals surface area contributed by atoms with Crippen LogP contribution in [0.4, 0.5) is 14.9 Å². The lowest BCUT2D eigenvalue weighted by atomic mass is 10.0. The minimum Gasteiger partial charge on any atom is -0.616 e. The Kier molecular flexibility index (Phi) is 9.90. The van der Waals surface area contributed by atoms with Gasteiger partial charge in [0.2, 0.25) is 5.91 Å². The van der Waals surface area contributed by atoms with Crippen LogP contribution in [0.1, 0.15) is 31.4 Å². The molecule has 1 fully saturated rings. The van der Waals surface area contributed by atoms with Crippen LogP contribution in [0.15, 0.2) is 52.2 Å². The van der Waals surface area contributed by atoms with Gasteiger partial charge < -0.3 is 24.4 Å². The highest BCUT2D eigenvalue weighted by Crippen LogP contribution is 2.29. The van der Waals surface area contributed by atoms with Crippen LogP contribution in [-0.2, 0) is 28.9 Å². The first-order chi connectivity index (χ1) is 21.5. The zero-order valence-corrected chi connectivity index (χ0v) is 26.8. The highest BCUT2D eigenvalue weighted by molar-refractivity contribution is 7.90. The molecule has 3 aromatic rings. The van der Waals surface area contributed by atoms with E-state index in [0.29, 0.717) is 38.9 Å². The summed E-state index contributed by atoms with van der Waals surface area (Å²) in [4.78, 5) is 57.0. The summed E-state index contributed by atoms with van der Waals surface area (Å²) in [6.07, 6.45) is 4.46. The number of carbonyl (C=O) groups is 2. The number of anilines is 1. The molecule has 0 aliphatic carbocycles. The molecular weight excluding hydrogens is 625 g/mol. The van der Waals surface area contributed by atoms with Crippen molar-refractivity contribution < 1.29 is 23.3 Å². The summed E-state index contributed by atoms with van der Waals surface area (Å²) in [5.74, 6) is -0.330. The number of halogens is 2. The Bertz CT molecular complexity index is 1720. The lowest BCUT2D eigenvalue weighted by Gasteiger charge is -2.38. The number of piperidine rings is 1. The monoisotopic (exact) mass is 659 g/mol. The quantitative estimate of drug-likeness (QED) is 0.369. The molecule has 5 rings (SSSR count). The Labute approximate surface area is 267 Å². The Morgan fingerprint density at radius 2 is 1.89 bits per heavy atom. The zero-order valence-electron chi connectivity index (χ0n) is 25.3. The van der Waals surface area contributed by atoms with Gasteiger partial charge in [0.05, 0.1) is 30.0 Å². The fourth-order valence-electron chi connectivity index (χ4n) is 6.01. The fourth-order valence-corrected chi connectivity index (χ4v) is 7.07. The molecule has 1 unspecified atom stereocenters. The second kappa shape index (κ2) is 13.7. The van der Waals surface area contributed by atoms with E-state index in [0.717, 1.165) is 32.2 Å². The van der Waals surface area contributed by atoms with E-state index < -0.39 is 34.3 Å². The predicted octanol–water partition coefficient (Wildman–Crippen LogP) is 3.50. The predicted molar refractivity (Wildman–Crippen MR) is 171 cm³/mol. The number of urea groups is 1. The Balaban J connectivity index is 1.33. The third-order valence-electron chi connectivity index (χ3n) is 8.34. The minimum atomic E-state index is -1.32. The summed E-state index contributed by atoms with van der Waals surface area (Å²) in [5, 5.41) is 2.70. The summed E-state index contributed by atoms with van der Waals surface area (Å²) >= 11 is 4.88. The lowest BCUT2D eigenvalue weighted by molar-refractivity contribution is -0.133. The van der Waals surface area contributed by atoms with Crippen molar-refractivity contribution in [2.24, 2.45) is 0 Å². The third-order valence-corrected chi connectivity index (χ3v) is 9.68. The Hall–Kier alpha value is -3.81. The van der Waals surface area contributed by atoms with E-state index in [2.05, 4.69) is 5.32 Å². The zero-order chi connectivity index (χ0) is 32.4. The molecule has 2 aliphatic heterocycles. The molecule has 2 aliphatic rings. The first-order valence-corrected chi connectivity index (χ1v) is 16.7. The minimum absolute atomic E-state index is 0.0274. The molecule has 11 nitrogen and oxygen atoms in total. The van der Waals surface area contributed by atoms with E-state index in [1.54, 1.807) is 25.0 Å².